The Hall–Kier alpha value is -0.0800. The maximum Gasteiger partial charge on any atom is 0.147 e. The Morgan fingerprint density at radius 3 is 2.55 bits per heavy atom. The summed E-state index contributed by atoms with van der Waals surface area (Å²) in [7, 11) is 0. The van der Waals surface area contributed by atoms with Gasteiger partial charge in [-0.05, 0) is 19.8 Å². The molecule has 0 N–H and O–H groups in total. The highest BCUT2D eigenvalue weighted by molar-refractivity contribution is 4.40. The van der Waals surface area contributed by atoms with Crippen molar-refractivity contribution in [1.82, 2.24) is 0 Å². The van der Waals surface area contributed by atoms with E-state index in [2.05, 4.69) is 20.8 Å². The van der Waals surface area contributed by atoms with E-state index < -0.39 is 0 Å². The lowest BCUT2D eigenvalue weighted by Gasteiger charge is -2.10. The van der Waals surface area contributed by atoms with Gasteiger partial charge >= 0.3 is 0 Å². The average Bonchev–Trinajstić information content (AvgIpc) is 2.04. The highest BCUT2D eigenvalue weighted by Gasteiger charge is 1.96. The van der Waals surface area contributed by atoms with Gasteiger partial charge in [0.15, 0.2) is 0 Å². The summed E-state index contributed by atoms with van der Waals surface area (Å²) in [6.45, 7) is 7.60. The molecule has 68 valence electrons. The van der Waals surface area contributed by atoms with E-state index in [4.69, 9.17) is 9.47 Å². The second-order valence-corrected chi connectivity index (χ2v) is 2.77. The maximum absolute atomic E-state index is 5.32. The van der Waals surface area contributed by atoms with Gasteiger partial charge in [-0.3, -0.25) is 0 Å². The molecular formula is C9H20O2. The van der Waals surface area contributed by atoms with Crippen molar-refractivity contribution in [3.8, 4) is 0 Å². The smallest absolute Gasteiger partial charge is 0.147 e. The van der Waals surface area contributed by atoms with Crippen LogP contribution in [0.2, 0.25) is 0 Å². The summed E-state index contributed by atoms with van der Waals surface area (Å²) in [6, 6.07) is 0. The van der Waals surface area contributed by atoms with Gasteiger partial charge in [0.05, 0.1) is 6.10 Å². The van der Waals surface area contributed by atoms with E-state index in [1.165, 1.54) is 6.42 Å². The molecule has 0 heterocycles. The molecule has 0 aromatic carbocycles. The molecule has 0 radical (unpaired) electrons. The Morgan fingerprint density at radius 1 is 1.27 bits per heavy atom. The van der Waals surface area contributed by atoms with Crippen LogP contribution in [-0.2, 0) is 9.47 Å². The Kier molecular flexibility index (Phi) is 7.96. The molecule has 1 atom stereocenters. The van der Waals surface area contributed by atoms with Crippen molar-refractivity contribution in [3.05, 3.63) is 0 Å². The lowest BCUT2D eigenvalue weighted by atomic mass is 10.3. The highest BCUT2D eigenvalue weighted by atomic mass is 16.7. The lowest BCUT2D eigenvalue weighted by molar-refractivity contribution is -0.0849. The monoisotopic (exact) mass is 160 g/mol. The van der Waals surface area contributed by atoms with Gasteiger partial charge in [0.1, 0.15) is 6.79 Å². The van der Waals surface area contributed by atoms with Crippen LogP contribution >= 0.6 is 0 Å². The minimum atomic E-state index is 0.330. The van der Waals surface area contributed by atoms with Gasteiger partial charge in [0.2, 0.25) is 0 Å². The lowest BCUT2D eigenvalue weighted by Crippen LogP contribution is -2.10. The quantitative estimate of drug-likeness (QED) is 0.421. The zero-order valence-electron chi connectivity index (χ0n) is 7.93. The number of hydrogen-bond donors (Lipinski definition) is 0. The first-order valence-electron chi connectivity index (χ1n) is 4.50. The molecule has 0 bridgehead atoms. The molecule has 0 aromatic heterocycles. The molecule has 2 heteroatoms. The fourth-order valence-corrected chi connectivity index (χ4v) is 0.587. The van der Waals surface area contributed by atoms with Crippen LogP contribution in [0.25, 0.3) is 0 Å². The molecule has 2 nitrogen and oxygen atoms in total. The summed E-state index contributed by atoms with van der Waals surface area (Å²) in [5, 5.41) is 0. The van der Waals surface area contributed by atoms with Crippen LogP contribution in [0.5, 0.6) is 0 Å². The van der Waals surface area contributed by atoms with Crippen LogP contribution in [0.3, 0.4) is 0 Å². The van der Waals surface area contributed by atoms with E-state index in [1.54, 1.807) is 0 Å². The van der Waals surface area contributed by atoms with Gasteiger partial charge < -0.3 is 9.47 Å². The minimum absolute atomic E-state index is 0.330. The van der Waals surface area contributed by atoms with Gasteiger partial charge in [0, 0.05) is 6.61 Å². The molecule has 0 aliphatic carbocycles. The maximum atomic E-state index is 5.32. The highest BCUT2D eigenvalue weighted by Crippen LogP contribution is 1.96. The summed E-state index contributed by atoms with van der Waals surface area (Å²) in [4.78, 5) is 0. The molecule has 0 amide bonds. The second kappa shape index (κ2) is 8.02. The first-order chi connectivity index (χ1) is 5.31. The summed E-state index contributed by atoms with van der Waals surface area (Å²) < 4.78 is 10.5. The van der Waals surface area contributed by atoms with E-state index in [0.717, 1.165) is 19.4 Å². The van der Waals surface area contributed by atoms with Crippen LogP contribution in [0.15, 0.2) is 0 Å². The van der Waals surface area contributed by atoms with Crippen LogP contribution < -0.4 is 0 Å². The Labute approximate surface area is 69.9 Å². The zero-order valence-corrected chi connectivity index (χ0v) is 7.93. The number of rotatable bonds is 7. The van der Waals surface area contributed by atoms with E-state index in [-0.39, 0.29) is 0 Å². The number of ether oxygens (including phenoxy) is 2. The molecule has 0 aliphatic heterocycles. The molecule has 0 spiro atoms. The van der Waals surface area contributed by atoms with Crippen LogP contribution in [0.4, 0.5) is 0 Å². The first-order valence-corrected chi connectivity index (χ1v) is 4.50. The molecule has 1 unspecified atom stereocenters. The average molecular weight is 160 g/mol. The molecule has 0 aromatic rings. The van der Waals surface area contributed by atoms with Crippen molar-refractivity contribution in [1.29, 1.82) is 0 Å². The molecule has 11 heavy (non-hydrogen) atoms. The predicted octanol–water partition coefficient (Wildman–Crippen LogP) is 2.58. The Bertz CT molecular complexity index is 74.0. The van der Waals surface area contributed by atoms with Crippen LogP contribution in [0.1, 0.15) is 40.0 Å². The van der Waals surface area contributed by atoms with Crippen molar-refractivity contribution < 1.29 is 9.47 Å². The fourth-order valence-electron chi connectivity index (χ4n) is 0.587. The molecule has 0 rings (SSSR count). The summed E-state index contributed by atoms with van der Waals surface area (Å²) in [6.07, 6.45) is 3.70. The van der Waals surface area contributed by atoms with Crippen LogP contribution in [0, 0.1) is 0 Å². The minimum Gasteiger partial charge on any atom is -0.355 e. The van der Waals surface area contributed by atoms with Gasteiger partial charge in [0.25, 0.3) is 0 Å². The number of unbranched alkanes of at least 4 members (excludes halogenated alkanes) is 1. The van der Waals surface area contributed by atoms with Crippen LogP contribution in [-0.4, -0.2) is 19.5 Å². The second-order valence-electron chi connectivity index (χ2n) is 2.77. The van der Waals surface area contributed by atoms with Crippen molar-refractivity contribution in [2.75, 3.05) is 13.4 Å². The van der Waals surface area contributed by atoms with Crippen molar-refractivity contribution in [3.63, 3.8) is 0 Å². The third kappa shape index (κ3) is 7.82. The Balaban J connectivity index is 2.89. The van der Waals surface area contributed by atoms with Gasteiger partial charge in [-0.25, -0.2) is 0 Å². The van der Waals surface area contributed by atoms with E-state index >= 15 is 0 Å². The van der Waals surface area contributed by atoms with Crippen molar-refractivity contribution >= 4 is 0 Å². The molecule has 0 fully saturated rings. The van der Waals surface area contributed by atoms with Gasteiger partial charge in [-0.15, -0.1) is 0 Å². The van der Waals surface area contributed by atoms with Gasteiger partial charge in [-0.2, -0.15) is 0 Å². The zero-order chi connectivity index (χ0) is 8.53. The third-order valence-electron chi connectivity index (χ3n) is 1.65. The summed E-state index contributed by atoms with van der Waals surface area (Å²) in [5.41, 5.74) is 0. The summed E-state index contributed by atoms with van der Waals surface area (Å²) >= 11 is 0. The topological polar surface area (TPSA) is 18.5 Å². The molecular weight excluding hydrogens is 140 g/mol. The SMILES string of the molecule is CCCCOCOC(C)CC. The normalized spacial score (nSPS) is 13.4. The summed E-state index contributed by atoms with van der Waals surface area (Å²) in [5.74, 6) is 0. The molecule has 0 aliphatic rings. The predicted molar refractivity (Wildman–Crippen MR) is 46.6 cm³/mol. The van der Waals surface area contributed by atoms with Crippen molar-refractivity contribution in [2.24, 2.45) is 0 Å². The van der Waals surface area contributed by atoms with E-state index in [9.17, 15) is 0 Å². The van der Waals surface area contributed by atoms with Crippen molar-refractivity contribution in [2.45, 2.75) is 46.1 Å². The van der Waals surface area contributed by atoms with E-state index in [1.807, 2.05) is 0 Å². The molecule has 0 saturated heterocycles. The first kappa shape index (κ1) is 10.9. The third-order valence-corrected chi connectivity index (χ3v) is 1.65. The van der Waals surface area contributed by atoms with E-state index in [0.29, 0.717) is 12.9 Å². The fraction of sp³-hybridized carbons (Fsp3) is 1.00. The largest absolute Gasteiger partial charge is 0.355 e. The Morgan fingerprint density at radius 2 is 2.00 bits per heavy atom. The van der Waals surface area contributed by atoms with Gasteiger partial charge in [-0.1, -0.05) is 20.3 Å². The standard InChI is InChI=1S/C9H20O2/c1-4-6-7-10-8-11-9(3)5-2/h9H,4-8H2,1-3H3. The molecule has 0 saturated carbocycles. The number of hydrogen-bond acceptors (Lipinski definition) is 2.